The summed E-state index contributed by atoms with van der Waals surface area (Å²) in [6, 6.07) is 5.21. The second-order valence-electron chi connectivity index (χ2n) is 5.05. The number of hydrogen-bond acceptors (Lipinski definition) is 4. The lowest BCUT2D eigenvalue weighted by Crippen LogP contribution is -2.39. The highest BCUT2D eigenvalue weighted by Gasteiger charge is 2.23. The van der Waals surface area contributed by atoms with Gasteiger partial charge >= 0.3 is 10.2 Å². The monoisotopic (exact) mass is 295 g/mol. The van der Waals surface area contributed by atoms with E-state index in [4.69, 9.17) is 4.52 Å². The van der Waals surface area contributed by atoms with Gasteiger partial charge in [-0.05, 0) is 31.9 Å². The normalized spacial score (nSPS) is 17.4. The third-order valence-electron chi connectivity index (χ3n) is 3.55. The summed E-state index contributed by atoms with van der Waals surface area (Å²) in [7, 11) is -3.48. The Kier molecular flexibility index (Phi) is 3.39. The lowest BCUT2D eigenvalue weighted by atomic mass is 10.2. The maximum absolute atomic E-state index is 12.3. The molecule has 20 heavy (non-hydrogen) atoms. The Bertz CT molecular complexity index is 718. The first-order chi connectivity index (χ1) is 9.56. The molecule has 0 amide bonds. The molecular weight excluding hydrogens is 278 g/mol. The topological polar surface area (TPSA) is 75.4 Å². The van der Waals surface area contributed by atoms with E-state index in [1.807, 2.05) is 13.0 Å². The Morgan fingerprint density at radius 3 is 2.75 bits per heavy atom. The molecule has 3 rings (SSSR count). The minimum Gasteiger partial charge on any atom is -0.356 e. The number of piperidine rings is 1. The number of aromatic nitrogens is 1. The molecule has 0 atom stereocenters. The number of nitrogens with zero attached hydrogens (tertiary/aromatic N) is 2. The molecule has 1 fully saturated rings. The first-order valence-electron chi connectivity index (χ1n) is 6.70. The van der Waals surface area contributed by atoms with Crippen LogP contribution in [0.2, 0.25) is 0 Å². The molecule has 108 valence electrons. The van der Waals surface area contributed by atoms with Crippen molar-refractivity contribution in [2.45, 2.75) is 26.2 Å². The van der Waals surface area contributed by atoms with Crippen molar-refractivity contribution in [3.05, 3.63) is 23.9 Å². The predicted molar refractivity (Wildman–Crippen MR) is 76.7 cm³/mol. The number of fused-ring (bicyclic) bond motifs is 1. The molecule has 2 heterocycles. The van der Waals surface area contributed by atoms with E-state index in [0.29, 0.717) is 24.4 Å². The molecule has 2 aromatic rings. The summed E-state index contributed by atoms with van der Waals surface area (Å²) in [5.41, 5.74) is 1.88. The summed E-state index contributed by atoms with van der Waals surface area (Å²) >= 11 is 0. The minimum absolute atomic E-state index is 0.499. The first-order valence-corrected chi connectivity index (χ1v) is 8.14. The fourth-order valence-corrected chi connectivity index (χ4v) is 3.74. The first kappa shape index (κ1) is 13.4. The Labute approximate surface area is 117 Å². The lowest BCUT2D eigenvalue weighted by Gasteiger charge is -2.26. The molecule has 0 aliphatic carbocycles. The molecule has 0 spiro atoms. The van der Waals surface area contributed by atoms with Crippen LogP contribution in [0.15, 0.2) is 22.7 Å². The highest BCUT2D eigenvalue weighted by molar-refractivity contribution is 7.90. The van der Waals surface area contributed by atoms with Gasteiger partial charge in [0, 0.05) is 24.5 Å². The van der Waals surface area contributed by atoms with Crippen LogP contribution in [0, 0.1) is 6.92 Å². The Morgan fingerprint density at radius 1 is 1.25 bits per heavy atom. The van der Waals surface area contributed by atoms with E-state index < -0.39 is 10.2 Å². The molecule has 1 saturated heterocycles. The van der Waals surface area contributed by atoms with Crippen molar-refractivity contribution in [3.63, 3.8) is 0 Å². The number of anilines is 1. The zero-order valence-electron chi connectivity index (χ0n) is 11.3. The average Bonchev–Trinajstić information content (AvgIpc) is 2.80. The number of hydrogen-bond donors (Lipinski definition) is 1. The molecule has 6 nitrogen and oxygen atoms in total. The number of aryl methyl sites for hydroxylation is 1. The molecule has 1 N–H and O–H groups in total. The fourth-order valence-electron chi connectivity index (χ4n) is 2.45. The zero-order valence-corrected chi connectivity index (χ0v) is 12.1. The van der Waals surface area contributed by atoms with E-state index in [0.717, 1.165) is 30.3 Å². The van der Waals surface area contributed by atoms with Crippen LogP contribution >= 0.6 is 0 Å². The average molecular weight is 295 g/mol. The summed E-state index contributed by atoms with van der Waals surface area (Å²) in [4.78, 5) is 0. The minimum atomic E-state index is -3.48. The number of benzene rings is 1. The highest BCUT2D eigenvalue weighted by Crippen LogP contribution is 2.23. The van der Waals surface area contributed by atoms with Gasteiger partial charge in [0.2, 0.25) is 0 Å². The van der Waals surface area contributed by atoms with Crippen LogP contribution in [0.25, 0.3) is 11.0 Å². The van der Waals surface area contributed by atoms with Crippen molar-refractivity contribution >= 4 is 26.9 Å². The number of nitrogens with one attached hydrogen (secondary N) is 1. The van der Waals surface area contributed by atoms with Crippen molar-refractivity contribution in [1.29, 1.82) is 0 Å². The summed E-state index contributed by atoms with van der Waals surface area (Å²) in [6.45, 7) is 3.02. The van der Waals surface area contributed by atoms with E-state index in [2.05, 4.69) is 9.88 Å². The van der Waals surface area contributed by atoms with Crippen LogP contribution in [0.4, 0.5) is 5.69 Å². The van der Waals surface area contributed by atoms with Crippen LogP contribution in [-0.2, 0) is 10.2 Å². The molecule has 1 aliphatic heterocycles. The van der Waals surface area contributed by atoms with Crippen LogP contribution in [0.5, 0.6) is 0 Å². The second-order valence-corrected chi connectivity index (χ2v) is 6.72. The van der Waals surface area contributed by atoms with Crippen molar-refractivity contribution in [2.75, 3.05) is 17.8 Å². The fraction of sp³-hybridized carbons (Fsp3) is 0.462. The van der Waals surface area contributed by atoms with Gasteiger partial charge in [0.15, 0.2) is 5.58 Å². The van der Waals surface area contributed by atoms with E-state index in [1.165, 1.54) is 4.31 Å². The van der Waals surface area contributed by atoms with Crippen LogP contribution in [0.1, 0.15) is 25.0 Å². The van der Waals surface area contributed by atoms with Gasteiger partial charge in [-0.3, -0.25) is 4.72 Å². The molecule has 1 aliphatic rings. The third-order valence-corrected chi connectivity index (χ3v) is 5.09. The molecule has 0 radical (unpaired) electrons. The van der Waals surface area contributed by atoms with Crippen LogP contribution < -0.4 is 4.72 Å². The largest absolute Gasteiger partial charge is 0.356 e. The predicted octanol–water partition coefficient (Wildman–Crippen LogP) is 2.28. The Morgan fingerprint density at radius 2 is 2.00 bits per heavy atom. The maximum atomic E-state index is 12.3. The molecule has 1 aromatic heterocycles. The van der Waals surface area contributed by atoms with E-state index in [1.54, 1.807) is 12.1 Å². The van der Waals surface area contributed by atoms with E-state index in [-0.39, 0.29) is 0 Å². The van der Waals surface area contributed by atoms with Crippen molar-refractivity contribution in [2.24, 2.45) is 0 Å². The molecule has 7 heteroatoms. The van der Waals surface area contributed by atoms with Crippen LogP contribution in [0.3, 0.4) is 0 Å². The van der Waals surface area contributed by atoms with Crippen LogP contribution in [-0.4, -0.2) is 31.0 Å². The van der Waals surface area contributed by atoms with Gasteiger partial charge in [-0.15, -0.1) is 0 Å². The van der Waals surface area contributed by atoms with Gasteiger partial charge in [0.1, 0.15) is 0 Å². The Hall–Kier alpha value is -1.60. The van der Waals surface area contributed by atoms with E-state index in [9.17, 15) is 8.42 Å². The summed E-state index contributed by atoms with van der Waals surface area (Å²) in [6.07, 6.45) is 2.93. The van der Waals surface area contributed by atoms with Crippen molar-refractivity contribution < 1.29 is 12.9 Å². The quantitative estimate of drug-likeness (QED) is 0.942. The highest BCUT2D eigenvalue weighted by atomic mass is 32.2. The Balaban J connectivity index is 1.84. The maximum Gasteiger partial charge on any atom is 0.301 e. The van der Waals surface area contributed by atoms with Crippen molar-refractivity contribution in [3.8, 4) is 0 Å². The molecule has 0 bridgehead atoms. The van der Waals surface area contributed by atoms with Crippen molar-refractivity contribution in [1.82, 2.24) is 9.46 Å². The second kappa shape index (κ2) is 5.06. The standard InChI is InChI=1S/C13H17N3O3S/c1-10-12-6-5-11(9-13(12)19-14-10)15-20(17,18)16-7-3-2-4-8-16/h5-6,9,15H,2-4,7-8H2,1H3. The van der Waals surface area contributed by atoms with Gasteiger partial charge in [-0.2, -0.15) is 12.7 Å². The van der Waals surface area contributed by atoms with Gasteiger partial charge in [0.25, 0.3) is 0 Å². The van der Waals surface area contributed by atoms with E-state index >= 15 is 0 Å². The zero-order chi connectivity index (χ0) is 14.2. The molecule has 1 aromatic carbocycles. The molecule has 0 unspecified atom stereocenters. The number of rotatable bonds is 3. The SMILES string of the molecule is Cc1noc2cc(NS(=O)(=O)N3CCCCC3)ccc12. The smallest absolute Gasteiger partial charge is 0.301 e. The summed E-state index contributed by atoms with van der Waals surface area (Å²) < 4.78 is 33.8. The summed E-state index contributed by atoms with van der Waals surface area (Å²) in [5.74, 6) is 0. The van der Waals surface area contributed by atoms with Gasteiger partial charge in [-0.1, -0.05) is 11.6 Å². The summed E-state index contributed by atoms with van der Waals surface area (Å²) in [5, 5.41) is 4.75. The van der Waals surface area contributed by atoms with Gasteiger partial charge in [-0.25, -0.2) is 0 Å². The lowest BCUT2D eigenvalue weighted by molar-refractivity contribution is 0.349. The third kappa shape index (κ3) is 2.51. The van der Waals surface area contributed by atoms with Gasteiger partial charge in [0.05, 0.1) is 11.4 Å². The molecule has 0 saturated carbocycles. The van der Waals surface area contributed by atoms with Gasteiger partial charge < -0.3 is 4.52 Å². The molecular formula is C13H17N3O3S.